The van der Waals surface area contributed by atoms with Gasteiger partial charge in [0, 0.05) is 22.3 Å². The van der Waals surface area contributed by atoms with E-state index >= 15 is 0 Å². The Morgan fingerprint density at radius 3 is 2.86 bits per heavy atom. The summed E-state index contributed by atoms with van der Waals surface area (Å²) in [6.45, 7) is 1.19. The van der Waals surface area contributed by atoms with E-state index in [2.05, 4.69) is 15.2 Å². The molecule has 0 spiro atoms. The smallest absolute Gasteiger partial charge is 0.132 e. The van der Waals surface area contributed by atoms with Crippen molar-refractivity contribution in [1.82, 2.24) is 5.32 Å². The molecular weight excluding hydrogens is 301 g/mol. The molecule has 2 aromatic rings. The number of halogens is 2. The highest BCUT2D eigenvalue weighted by atomic mass is 35.5. The highest BCUT2D eigenvalue weighted by Crippen LogP contribution is 2.33. The largest absolute Gasteiger partial charge is 0.372 e. The summed E-state index contributed by atoms with van der Waals surface area (Å²) in [6, 6.07) is 12.4. The molecule has 0 saturated heterocycles. The molecule has 2 aliphatic rings. The molecule has 0 fully saturated rings. The summed E-state index contributed by atoms with van der Waals surface area (Å²) in [6.07, 6.45) is 1.95. The van der Waals surface area contributed by atoms with E-state index in [9.17, 15) is 4.39 Å². The molecule has 0 bridgehead atoms. The summed E-state index contributed by atoms with van der Waals surface area (Å²) in [5.41, 5.74) is 4.05. The summed E-state index contributed by atoms with van der Waals surface area (Å²) in [5.74, 6) is -0.277. The summed E-state index contributed by atoms with van der Waals surface area (Å²) in [4.78, 5) is 6.79. The van der Waals surface area contributed by atoms with Crippen LogP contribution in [0.15, 0.2) is 59.4 Å². The van der Waals surface area contributed by atoms with Crippen molar-refractivity contribution in [2.45, 2.75) is 0 Å². The SMILES string of the molecule is Fc1ccccc1C1=NCC2=CNCN2c2ccc(Cl)cc21. The quantitative estimate of drug-likeness (QED) is 0.872. The van der Waals surface area contributed by atoms with E-state index < -0.39 is 0 Å². The predicted molar refractivity (Wildman–Crippen MR) is 86.9 cm³/mol. The normalized spacial score (nSPS) is 16.2. The van der Waals surface area contributed by atoms with Crippen LogP contribution < -0.4 is 10.2 Å². The molecular formula is C17H13ClFN3. The number of rotatable bonds is 1. The third-order valence-electron chi connectivity index (χ3n) is 3.90. The standard InChI is InChI=1S/C17H13ClFN3/c18-11-5-6-16-14(7-11)17(13-3-1-2-4-15(13)19)21-9-12-8-20-10-22(12)16/h1-8,20H,9-10H2. The van der Waals surface area contributed by atoms with Crippen LogP contribution in [0.5, 0.6) is 0 Å². The van der Waals surface area contributed by atoms with Crippen molar-refractivity contribution in [1.29, 1.82) is 0 Å². The van der Waals surface area contributed by atoms with Crippen LogP contribution in [0, 0.1) is 5.82 Å². The maximum atomic E-state index is 14.2. The van der Waals surface area contributed by atoms with E-state index in [1.807, 2.05) is 30.5 Å². The van der Waals surface area contributed by atoms with Gasteiger partial charge in [-0.05, 0) is 30.3 Å². The van der Waals surface area contributed by atoms with Crippen molar-refractivity contribution in [2.24, 2.45) is 4.99 Å². The highest BCUT2D eigenvalue weighted by molar-refractivity contribution is 6.31. The van der Waals surface area contributed by atoms with E-state index in [1.165, 1.54) is 6.07 Å². The summed E-state index contributed by atoms with van der Waals surface area (Å²) in [7, 11) is 0. The van der Waals surface area contributed by atoms with Gasteiger partial charge < -0.3 is 10.2 Å². The van der Waals surface area contributed by atoms with Gasteiger partial charge in [-0.3, -0.25) is 4.99 Å². The highest BCUT2D eigenvalue weighted by Gasteiger charge is 2.26. The Balaban J connectivity index is 1.96. The molecule has 3 nitrogen and oxygen atoms in total. The van der Waals surface area contributed by atoms with Gasteiger partial charge in [-0.25, -0.2) is 4.39 Å². The first-order chi connectivity index (χ1) is 10.7. The Kier molecular flexibility index (Phi) is 3.12. The van der Waals surface area contributed by atoms with Gasteiger partial charge in [0.2, 0.25) is 0 Å². The van der Waals surface area contributed by atoms with Gasteiger partial charge in [0.25, 0.3) is 0 Å². The van der Waals surface area contributed by atoms with E-state index in [0.29, 0.717) is 29.5 Å². The van der Waals surface area contributed by atoms with Gasteiger partial charge in [0.15, 0.2) is 0 Å². The Morgan fingerprint density at radius 2 is 2.00 bits per heavy atom. The maximum Gasteiger partial charge on any atom is 0.132 e. The van der Waals surface area contributed by atoms with Crippen molar-refractivity contribution in [3.63, 3.8) is 0 Å². The molecule has 4 rings (SSSR count). The lowest BCUT2D eigenvalue weighted by Crippen LogP contribution is -2.24. The fourth-order valence-corrected chi connectivity index (χ4v) is 3.04. The second-order valence-electron chi connectivity index (χ2n) is 5.23. The molecule has 0 atom stereocenters. The Hall–Kier alpha value is -2.33. The van der Waals surface area contributed by atoms with Crippen molar-refractivity contribution in [2.75, 3.05) is 18.1 Å². The molecule has 0 aliphatic carbocycles. The molecule has 110 valence electrons. The molecule has 22 heavy (non-hydrogen) atoms. The average molecular weight is 314 g/mol. The second kappa shape index (κ2) is 5.14. The Morgan fingerprint density at radius 1 is 1.14 bits per heavy atom. The molecule has 5 heteroatoms. The zero-order valence-electron chi connectivity index (χ0n) is 11.7. The first kappa shape index (κ1) is 13.3. The maximum absolute atomic E-state index is 14.2. The van der Waals surface area contributed by atoms with Crippen LogP contribution in [-0.4, -0.2) is 18.9 Å². The molecule has 2 aliphatic heterocycles. The van der Waals surface area contributed by atoms with Crippen molar-refractivity contribution >= 4 is 23.0 Å². The minimum Gasteiger partial charge on any atom is -0.372 e. The lowest BCUT2D eigenvalue weighted by molar-refractivity contribution is 0.625. The van der Waals surface area contributed by atoms with E-state index in [-0.39, 0.29) is 5.82 Å². The van der Waals surface area contributed by atoms with Crippen LogP contribution >= 0.6 is 11.6 Å². The predicted octanol–water partition coefficient (Wildman–Crippen LogP) is 3.54. The summed E-state index contributed by atoms with van der Waals surface area (Å²) in [5, 5.41) is 3.81. The van der Waals surface area contributed by atoms with E-state index in [1.54, 1.807) is 12.1 Å². The fraction of sp³-hybridized carbons (Fsp3) is 0.118. The van der Waals surface area contributed by atoms with Crippen LogP contribution in [0.3, 0.4) is 0 Å². The number of nitrogens with one attached hydrogen (secondary N) is 1. The van der Waals surface area contributed by atoms with Crippen LogP contribution in [0.4, 0.5) is 10.1 Å². The van der Waals surface area contributed by atoms with Crippen molar-refractivity contribution < 1.29 is 4.39 Å². The first-order valence-corrected chi connectivity index (χ1v) is 7.41. The number of nitrogens with zero attached hydrogens (tertiary/aromatic N) is 2. The average Bonchev–Trinajstić information content (AvgIpc) is 2.92. The number of hydrogen-bond donors (Lipinski definition) is 1. The van der Waals surface area contributed by atoms with Gasteiger partial charge in [-0.2, -0.15) is 0 Å². The van der Waals surface area contributed by atoms with Crippen LogP contribution in [0.25, 0.3) is 0 Å². The molecule has 1 N–H and O–H groups in total. The fourth-order valence-electron chi connectivity index (χ4n) is 2.87. The Bertz CT molecular complexity index is 813. The lowest BCUT2D eigenvalue weighted by Gasteiger charge is -2.21. The monoisotopic (exact) mass is 313 g/mol. The first-order valence-electron chi connectivity index (χ1n) is 7.03. The summed E-state index contributed by atoms with van der Waals surface area (Å²) < 4.78 is 14.2. The van der Waals surface area contributed by atoms with Crippen LogP contribution in [-0.2, 0) is 0 Å². The third-order valence-corrected chi connectivity index (χ3v) is 4.13. The van der Waals surface area contributed by atoms with Gasteiger partial charge >= 0.3 is 0 Å². The van der Waals surface area contributed by atoms with Crippen LogP contribution in [0.2, 0.25) is 5.02 Å². The number of anilines is 1. The molecule has 0 unspecified atom stereocenters. The number of aliphatic imine (C=N–C) groups is 1. The van der Waals surface area contributed by atoms with Gasteiger partial charge in [0.1, 0.15) is 5.82 Å². The minimum atomic E-state index is -0.277. The van der Waals surface area contributed by atoms with Crippen molar-refractivity contribution in [3.05, 3.63) is 76.3 Å². The minimum absolute atomic E-state index is 0.277. The number of hydrogen-bond acceptors (Lipinski definition) is 3. The lowest BCUT2D eigenvalue weighted by atomic mass is 10.00. The van der Waals surface area contributed by atoms with E-state index in [0.717, 1.165) is 16.9 Å². The molecule has 0 saturated carbocycles. The van der Waals surface area contributed by atoms with Gasteiger partial charge in [0.05, 0.1) is 30.3 Å². The number of fused-ring (bicyclic) bond motifs is 3. The third kappa shape index (κ3) is 2.07. The molecule has 0 radical (unpaired) electrons. The molecule has 2 aromatic carbocycles. The zero-order chi connectivity index (χ0) is 15.1. The summed E-state index contributed by atoms with van der Waals surface area (Å²) >= 11 is 6.17. The van der Waals surface area contributed by atoms with Crippen molar-refractivity contribution in [3.8, 4) is 0 Å². The van der Waals surface area contributed by atoms with E-state index in [4.69, 9.17) is 11.6 Å². The Labute approximate surface area is 132 Å². The topological polar surface area (TPSA) is 27.6 Å². The molecule has 0 aromatic heterocycles. The molecule has 2 heterocycles. The molecule has 0 amide bonds. The van der Waals surface area contributed by atoms with Gasteiger partial charge in [-0.15, -0.1) is 0 Å². The zero-order valence-corrected chi connectivity index (χ0v) is 12.4. The van der Waals surface area contributed by atoms with Gasteiger partial charge in [-0.1, -0.05) is 23.7 Å². The second-order valence-corrected chi connectivity index (χ2v) is 5.67. The van der Waals surface area contributed by atoms with Crippen LogP contribution in [0.1, 0.15) is 11.1 Å². The number of benzene rings is 2.